The largest absolute Gasteiger partial charge is 0.310 e. The van der Waals surface area contributed by atoms with Gasteiger partial charge in [-0.3, -0.25) is 0 Å². The Hall–Kier alpha value is -1.49. The molecule has 0 amide bonds. The highest BCUT2D eigenvalue weighted by Crippen LogP contribution is 2.36. The SMILES string of the molecule is N#CN1CCc2cccc3c2[C@@H](CCC3)C1. The molecule has 1 aliphatic carbocycles. The standard InChI is InChI=1S/C14H16N2/c15-10-16-8-7-12-5-1-3-11-4-2-6-13(9-16)14(11)12/h1,3,5,13H,2,4,6-9H2/t13-/m0/s1. The van der Waals surface area contributed by atoms with Crippen molar-refractivity contribution < 1.29 is 0 Å². The number of benzene rings is 1. The molecule has 0 spiro atoms. The van der Waals surface area contributed by atoms with Crippen molar-refractivity contribution in [3.8, 4) is 6.19 Å². The Labute approximate surface area is 96.5 Å². The highest BCUT2D eigenvalue weighted by molar-refractivity contribution is 5.41. The number of rotatable bonds is 0. The molecular weight excluding hydrogens is 196 g/mol. The van der Waals surface area contributed by atoms with Crippen molar-refractivity contribution in [2.45, 2.75) is 31.6 Å². The van der Waals surface area contributed by atoms with Crippen LogP contribution in [0.2, 0.25) is 0 Å². The summed E-state index contributed by atoms with van der Waals surface area (Å²) in [7, 11) is 0. The smallest absolute Gasteiger partial charge is 0.179 e. The summed E-state index contributed by atoms with van der Waals surface area (Å²) in [5.74, 6) is 0.599. The van der Waals surface area contributed by atoms with Crippen LogP contribution in [0.1, 0.15) is 35.4 Å². The van der Waals surface area contributed by atoms with Crippen LogP contribution in [0.5, 0.6) is 0 Å². The van der Waals surface area contributed by atoms with Gasteiger partial charge in [0.05, 0.1) is 0 Å². The van der Waals surface area contributed by atoms with Gasteiger partial charge in [-0.25, -0.2) is 0 Å². The zero-order valence-electron chi connectivity index (χ0n) is 9.45. The molecule has 1 aliphatic heterocycles. The van der Waals surface area contributed by atoms with Crippen molar-refractivity contribution in [1.29, 1.82) is 5.26 Å². The molecule has 0 unspecified atom stereocenters. The van der Waals surface area contributed by atoms with Crippen LogP contribution in [0.25, 0.3) is 0 Å². The lowest BCUT2D eigenvalue weighted by atomic mass is 9.80. The molecule has 1 atom stereocenters. The molecule has 3 rings (SSSR count). The zero-order valence-corrected chi connectivity index (χ0v) is 9.45. The van der Waals surface area contributed by atoms with Gasteiger partial charge >= 0.3 is 0 Å². The minimum Gasteiger partial charge on any atom is -0.310 e. The van der Waals surface area contributed by atoms with Crippen LogP contribution < -0.4 is 0 Å². The summed E-state index contributed by atoms with van der Waals surface area (Å²) >= 11 is 0. The summed E-state index contributed by atoms with van der Waals surface area (Å²) in [5.41, 5.74) is 4.60. The molecule has 0 saturated carbocycles. The Morgan fingerprint density at radius 2 is 2.06 bits per heavy atom. The van der Waals surface area contributed by atoms with Gasteiger partial charge in [0.25, 0.3) is 0 Å². The van der Waals surface area contributed by atoms with Crippen molar-refractivity contribution in [1.82, 2.24) is 4.90 Å². The third-order valence-corrected chi connectivity index (χ3v) is 3.93. The minimum atomic E-state index is 0.599. The third kappa shape index (κ3) is 1.48. The molecule has 0 bridgehead atoms. The number of hydrogen-bond acceptors (Lipinski definition) is 2. The van der Waals surface area contributed by atoms with E-state index in [0.29, 0.717) is 5.92 Å². The summed E-state index contributed by atoms with van der Waals surface area (Å²) in [6, 6.07) is 6.70. The quantitative estimate of drug-likeness (QED) is 0.618. The normalized spacial score (nSPS) is 23.2. The van der Waals surface area contributed by atoms with Gasteiger partial charge in [-0.15, -0.1) is 0 Å². The fraction of sp³-hybridized carbons (Fsp3) is 0.500. The van der Waals surface area contributed by atoms with Crippen molar-refractivity contribution in [3.05, 3.63) is 34.9 Å². The number of aryl methyl sites for hydroxylation is 1. The van der Waals surface area contributed by atoms with Crippen LogP contribution in [0.3, 0.4) is 0 Å². The van der Waals surface area contributed by atoms with E-state index in [1.807, 2.05) is 4.90 Å². The van der Waals surface area contributed by atoms with E-state index in [1.165, 1.54) is 30.4 Å². The lowest BCUT2D eigenvalue weighted by Crippen LogP contribution is -2.24. The van der Waals surface area contributed by atoms with Crippen LogP contribution in [-0.4, -0.2) is 18.0 Å². The fourth-order valence-corrected chi connectivity index (χ4v) is 3.20. The molecule has 1 aromatic carbocycles. The van der Waals surface area contributed by atoms with Crippen LogP contribution in [0, 0.1) is 11.5 Å². The minimum absolute atomic E-state index is 0.599. The first kappa shape index (κ1) is 9.72. The Balaban J connectivity index is 2.06. The van der Waals surface area contributed by atoms with E-state index in [-0.39, 0.29) is 0 Å². The molecule has 2 nitrogen and oxygen atoms in total. The number of hydrogen-bond donors (Lipinski definition) is 0. The van der Waals surface area contributed by atoms with E-state index in [9.17, 15) is 0 Å². The molecule has 2 heteroatoms. The highest BCUT2D eigenvalue weighted by atomic mass is 15.1. The Kier molecular flexibility index (Phi) is 2.32. The van der Waals surface area contributed by atoms with E-state index in [0.717, 1.165) is 19.5 Å². The lowest BCUT2D eigenvalue weighted by Gasteiger charge is -2.27. The van der Waals surface area contributed by atoms with Crippen LogP contribution >= 0.6 is 0 Å². The zero-order chi connectivity index (χ0) is 11.0. The van der Waals surface area contributed by atoms with Gasteiger partial charge < -0.3 is 4.90 Å². The van der Waals surface area contributed by atoms with E-state index in [2.05, 4.69) is 24.4 Å². The monoisotopic (exact) mass is 212 g/mol. The molecule has 0 saturated heterocycles. The predicted octanol–water partition coefficient (Wildman–Crippen LogP) is 2.45. The third-order valence-electron chi connectivity index (χ3n) is 3.93. The molecule has 0 N–H and O–H groups in total. The number of nitriles is 1. The van der Waals surface area contributed by atoms with Gasteiger partial charge in [0.2, 0.25) is 0 Å². The van der Waals surface area contributed by atoms with Crippen molar-refractivity contribution in [2.24, 2.45) is 0 Å². The van der Waals surface area contributed by atoms with Gasteiger partial charge in [0.1, 0.15) is 0 Å². The van der Waals surface area contributed by atoms with Gasteiger partial charge in [0.15, 0.2) is 6.19 Å². The summed E-state index contributed by atoms with van der Waals surface area (Å²) in [4.78, 5) is 1.93. The summed E-state index contributed by atoms with van der Waals surface area (Å²) in [6.45, 7) is 1.82. The molecule has 1 heterocycles. The van der Waals surface area contributed by atoms with Crippen molar-refractivity contribution >= 4 is 0 Å². The second kappa shape index (κ2) is 3.83. The molecule has 16 heavy (non-hydrogen) atoms. The number of nitrogens with zero attached hydrogens (tertiary/aromatic N) is 2. The maximum atomic E-state index is 9.07. The van der Waals surface area contributed by atoms with E-state index < -0.39 is 0 Å². The van der Waals surface area contributed by atoms with Gasteiger partial charge in [-0.05, 0) is 42.4 Å². The molecule has 1 aromatic rings. The van der Waals surface area contributed by atoms with E-state index in [1.54, 1.807) is 5.56 Å². The molecule has 0 aromatic heterocycles. The molecule has 0 fully saturated rings. The summed E-state index contributed by atoms with van der Waals surface area (Å²) in [5, 5.41) is 9.07. The first-order valence-electron chi connectivity index (χ1n) is 6.14. The summed E-state index contributed by atoms with van der Waals surface area (Å²) < 4.78 is 0. The Morgan fingerprint density at radius 3 is 2.88 bits per heavy atom. The lowest BCUT2D eigenvalue weighted by molar-refractivity contribution is 0.361. The predicted molar refractivity (Wildman–Crippen MR) is 63.0 cm³/mol. The van der Waals surface area contributed by atoms with Gasteiger partial charge in [0, 0.05) is 19.0 Å². The van der Waals surface area contributed by atoms with Crippen LogP contribution in [0.15, 0.2) is 18.2 Å². The molecular formula is C14H16N2. The Bertz CT molecular complexity index is 445. The second-order valence-corrected chi connectivity index (χ2v) is 4.88. The van der Waals surface area contributed by atoms with Crippen LogP contribution in [-0.2, 0) is 12.8 Å². The molecule has 82 valence electrons. The molecule has 0 radical (unpaired) electrons. The van der Waals surface area contributed by atoms with Crippen molar-refractivity contribution in [3.63, 3.8) is 0 Å². The fourth-order valence-electron chi connectivity index (χ4n) is 3.20. The topological polar surface area (TPSA) is 27.0 Å². The van der Waals surface area contributed by atoms with E-state index >= 15 is 0 Å². The van der Waals surface area contributed by atoms with Crippen LogP contribution in [0.4, 0.5) is 0 Å². The maximum absolute atomic E-state index is 9.07. The van der Waals surface area contributed by atoms with Crippen molar-refractivity contribution in [2.75, 3.05) is 13.1 Å². The van der Waals surface area contributed by atoms with E-state index in [4.69, 9.17) is 5.26 Å². The highest BCUT2D eigenvalue weighted by Gasteiger charge is 2.27. The van der Waals surface area contributed by atoms with Gasteiger partial charge in [-0.2, -0.15) is 5.26 Å². The average Bonchev–Trinajstić information content (AvgIpc) is 2.51. The average molecular weight is 212 g/mol. The maximum Gasteiger partial charge on any atom is 0.179 e. The first-order valence-corrected chi connectivity index (χ1v) is 6.14. The first-order chi connectivity index (χ1) is 7.88. The second-order valence-electron chi connectivity index (χ2n) is 4.88. The Morgan fingerprint density at radius 1 is 1.25 bits per heavy atom. The molecule has 2 aliphatic rings. The summed E-state index contributed by atoms with van der Waals surface area (Å²) in [6.07, 6.45) is 7.11. The van der Waals surface area contributed by atoms with Gasteiger partial charge in [-0.1, -0.05) is 18.2 Å².